The minimum atomic E-state index is 0.899. The number of benzene rings is 4. The Hall–Kier alpha value is -4.17. The van der Waals surface area contributed by atoms with Crippen LogP contribution in [0.3, 0.4) is 0 Å². The average molecular weight is 447 g/mol. The van der Waals surface area contributed by atoms with Gasteiger partial charge in [-0.1, -0.05) is 42.5 Å². The van der Waals surface area contributed by atoms with E-state index in [1.165, 1.54) is 84.0 Å². The summed E-state index contributed by atoms with van der Waals surface area (Å²) in [5, 5.41) is 0. The number of pyridine rings is 1. The number of hydrogen-bond donors (Lipinski definition) is 0. The summed E-state index contributed by atoms with van der Waals surface area (Å²) in [6.07, 6.45) is 5.93. The van der Waals surface area contributed by atoms with Crippen LogP contribution in [0.15, 0.2) is 85.1 Å². The Morgan fingerprint density at radius 1 is 0.486 bits per heavy atom. The zero-order valence-electron chi connectivity index (χ0n) is 19.3. The fourth-order valence-electron chi connectivity index (χ4n) is 6.98. The van der Waals surface area contributed by atoms with Crippen molar-refractivity contribution in [2.24, 2.45) is 0 Å². The SMILES string of the molecule is c1ccc2c(c1)Cc1cc3c(cc1-2)Cc1cc2c(cc1-3)Cc1nccc3c1N2c1ccccc1C3. The van der Waals surface area contributed by atoms with Crippen LogP contribution in [-0.2, 0) is 25.7 Å². The van der Waals surface area contributed by atoms with Gasteiger partial charge in [0.05, 0.1) is 17.1 Å². The summed E-state index contributed by atoms with van der Waals surface area (Å²) in [5.74, 6) is 0. The van der Waals surface area contributed by atoms with Crippen molar-refractivity contribution in [2.75, 3.05) is 4.90 Å². The molecule has 164 valence electrons. The molecule has 2 aliphatic carbocycles. The Morgan fingerprint density at radius 2 is 1.14 bits per heavy atom. The van der Waals surface area contributed by atoms with Crippen LogP contribution in [0.2, 0.25) is 0 Å². The normalized spacial score (nSPS) is 14.9. The molecule has 0 spiro atoms. The number of fused-ring (bicyclic) bond motifs is 10. The van der Waals surface area contributed by atoms with E-state index in [1.54, 1.807) is 0 Å². The van der Waals surface area contributed by atoms with Gasteiger partial charge in [-0.2, -0.15) is 0 Å². The Balaban J connectivity index is 1.23. The molecule has 1 aromatic heterocycles. The lowest BCUT2D eigenvalue weighted by atomic mass is 9.87. The van der Waals surface area contributed by atoms with E-state index < -0.39 is 0 Å². The number of nitrogens with zero attached hydrogens (tertiary/aromatic N) is 2. The second kappa shape index (κ2) is 6.28. The summed E-state index contributed by atoms with van der Waals surface area (Å²) in [6, 6.07) is 29.9. The lowest BCUT2D eigenvalue weighted by Gasteiger charge is -2.39. The molecule has 2 aliphatic heterocycles. The average Bonchev–Trinajstić information content (AvgIpc) is 3.43. The summed E-state index contributed by atoms with van der Waals surface area (Å²) >= 11 is 0. The van der Waals surface area contributed by atoms with E-state index in [4.69, 9.17) is 4.98 Å². The first kappa shape index (κ1) is 18.2. The summed E-state index contributed by atoms with van der Waals surface area (Å²) in [6.45, 7) is 0. The van der Waals surface area contributed by atoms with E-state index in [0.29, 0.717) is 0 Å². The fraction of sp³-hybridized carbons (Fsp3) is 0.121. The smallest absolute Gasteiger partial charge is 0.0716 e. The van der Waals surface area contributed by atoms with Crippen LogP contribution in [0, 0.1) is 0 Å². The number of para-hydroxylation sites is 1. The van der Waals surface area contributed by atoms with E-state index in [2.05, 4.69) is 83.8 Å². The van der Waals surface area contributed by atoms with Gasteiger partial charge in [-0.15, -0.1) is 0 Å². The third kappa shape index (κ3) is 2.32. The molecule has 0 fully saturated rings. The highest BCUT2D eigenvalue weighted by Crippen LogP contribution is 2.52. The van der Waals surface area contributed by atoms with Crippen LogP contribution in [0.1, 0.15) is 44.6 Å². The van der Waals surface area contributed by atoms with Crippen LogP contribution >= 0.6 is 0 Å². The van der Waals surface area contributed by atoms with Crippen molar-refractivity contribution < 1.29 is 0 Å². The highest BCUT2D eigenvalue weighted by molar-refractivity contribution is 5.92. The molecule has 0 saturated carbocycles. The molecule has 5 aromatic rings. The van der Waals surface area contributed by atoms with Gasteiger partial charge >= 0.3 is 0 Å². The largest absolute Gasteiger partial charge is 0.308 e. The van der Waals surface area contributed by atoms with Gasteiger partial charge in [0.1, 0.15) is 0 Å². The van der Waals surface area contributed by atoms with Crippen molar-refractivity contribution in [1.82, 2.24) is 4.98 Å². The molecular formula is C33H22N2. The van der Waals surface area contributed by atoms with E-state index in [1.807, 2.05) is 6.20 Å². The van der Waals surface area contributed by atoms with Crippen LogP contribution < -0.4 is 4.90 Å². The number of rotatable bonds is 0. The topological polar surface area (TPSA) is 16.1 Å². The van der Waals surface area contributed by atoms with Gasteiger partial charge in [-0.05, 0) is 110 Å². The molecule has 2 nitrogen and oxygen atoms in total. The van der Waals surface area contributed by atoms with Crippen LogP contribution in [-0.4, -0.2) is 4.98 Å². The van der Waals surface area contributed by atoms with E-state index in [-0.39, 0.29) is 0 Å². The first-order chi connectivity index (χ1) is 17.3. The first-order valence-corrected chi connectivity index (χ1v) is 12.6. The number of hydrogen-bond acceptors (Lipinski definition) is 2. The standard InChI is InChI=1S/C33H22N2/c1-3-7-26-19(5-1)11-22-15-28-23(14-27(22)26)13-24-18-32-25(16-29(24)28)17-30-33-21(9-10-34-30)12-20-6-2-4-8-31(20)35(32)33/h1-10,14-16,18H,11-13,17H2. The maximum absolute atomic E-state index is 4.85. The van der Waals surface area contributed by atoms with Crippen molar-refractivity contribution in [3.05, 3.63) is 130 Å². The lowest BCUT2D eigenvalue weighted by Crippen LogP contribution is -2.25. The Kier molecular flexibility index (Phi) is 3.27. The highest BCUT2D eigenvalue weighted by Gasteiger charge is 2.34. The molecule has 0 saturated heterocycles. The fourth-order valence-corrected chi connectivity index (χ4v) is 6.98. The zero-order chi connectivity index (χ0) is 22.7. The summed E-state index contributed by atoms with van der Waals surface area (Å²) < 4.78 is 0. The third-order valence-electron chi connectivity index (χ3n) is 8.51. The maximum atomic E-state index is 4.85. The Morgan fingerprint density at radius 3 is 2.03 bits per heavy atom. The molecule has 0 bridgehead atoms. The summed E-state index contributed by atoms with van der Waals surface area (Å²) in [7, 11) is 0. The van der Waals surface area contributed by atoms with Gasteiger partial charge in [0.2, 0.25) is 0 Å². The molecule has 4 aliphatic rings. The van der Waals surface area contributed by atoms with Crippen molar-refractivity contribution >= 4 is 17.1 Å². The predicted molar refractivity (Wildman–Crippen MR) is 141 cm³/mol. The molecule has 2 heteroatoms. The molecule has 4 aromatic carbocycles. The number of anilines is 3. The highest BCUT2D eigenvalue weighted by atomic mass is 15.2. The minimum Gasteiger partial charge on any atom is -0.308 e. The van der Waals surface area contributed by atoms with Crippen LogP contribution in [0.4, 0.5) is 17.1 Å². The molecule has 35 heavy (non-hydrogen) atoms. The Labute approximate surface area is 204 Å². The quantitative estimate of drug-likeness (QED) is 0.240. The summed E-state index contributed by atoms with van der Waals surface area (Å²) in [5.41, 5.74) is 20.9. The number of aromatic nitrogens is 1. The van der Waals surface area contributed by atoms with E-state index in [0.717, 1.165) is 25.7 Å². The van der Waals surface area contributed by atoms with E-state index in [9.17, 15) is 0 Å². The van der Waals surface area contributed by atoms with Gasteiger partial charge in [0.15, 0.2) is 0 Å². The maximum Gasteiger partial charge on any atom is 0.0716 e. The first-order valence-electron chi connectivity index (χ1n) is 12.6. The van der Waals surface area contributed by atoms with Crippen molar-refractivity contribution in [3.8, 4) is 22.3 Å². The molecule has 0 atom stereocenters. The molecule has 0 unspecified atom stereocenters. The zero-order valence-corrected chi connectivity index (χ0v) is 19.3. The molecular weight excluding hydrogens is 424 g/mol. The molecule has 0 amide bonds. The molecule has 3 heterocycles. The van der Waals surface area contributed by atoms with Gasteiger partial charge < -0.3 is 4.90 Å². The monoisotopic (exact) mass is 446 g/mol. The van der Waals surface area contributed by atoms with Crippen LogP contribution in [0.5, 0.6) is 0 Å². The summed E-state index contributed by atoms with van der Waals surface area (Å²) in [4.78, 5) is 7.35. The van der Waals surface area contributed by atoms with Gasteiger partial charge in [-0.3, -0.25) is 4.98 Å². The lowest BCUT2D eigenvalue weighted by molar-refractivity contribution is 0.959. The second-order valence-electron chi connectivity index (χ2n) is 10.4. The Bertz CT molecular complexity index is 1760. The van der Waals surface area contributed by atoms with Crippen molar-refractivity contribution in [1.29, 1.82) is 0 Å². The minimum absolute atomic E-state index is 0.899. The van der Waals surface area contributed by atoms with Gasteiger partial charge in [0, 0.05) is 24.7 Å². The van der Waals surface area contributed by atoms with Crippen molar-refractivity contribution in [3.63, 3.8) is 0 Å². The molecule has 0 N–H and O–H groups in total. The second-order valence-corrected chi connectivity index (χ2v) is 10.4. The molecule has 0 radical (unpaired) electrons. The van der Waals surface area contributed by atoms with Crippen LogP contribution in [0.25, 0.3) is 22.3 Å². The van der Waals surface area contributed by atoms with Gasteiger partial charge in [0.25, 0.3) is 0 Å². The van der Waals surface area contributed by atoms with Crippen molar-refractivity contribution in [2.45, 2.75) is 25.7 Å². The van der Waals surface area contributed by atoms with Gasteiger partial charge in [-0.25, -0.2) is 0 Å². The van der Waals surface area contributed by atoms with E-state index >= 15 is 0 Å². The predicted octanol–water partition coefficient (Wildman–Crippen LogP) is 7.50. The third-order valence-corrected chi connectivity index (χ3v) is 8.51. The molecule has 9 rings (SSSR count).